The second kappa shape index (κ2) is 7.30. The molecule has 0 bridgehead atoms. The summed E-state index contributed by atoms with van der Waals surface area (Å²) in [6.45, 7) is 16.6. The molecule has 0 rings (SSSR count). The molecule has 0 spiro atoms. The molecule has 0 aliphatic carbocycles. The van der Waals surface area contributed by atoms with E-state index in [9.17, 15) is 0 Å². The first-order chi connectivity index (χ1) is 6.93. The Kier molecular flexibility index (Phi) is 7.30. The highest BCUT2D eigenvalue weighted by atomic mass is 14.3. The van der Waals surface area contributed by atoms with E-state index in [1.807, 2.05) is 0 Å². The molecule has 0 heteroatoms. The Balaban J connectivity index is 4.24. The van der Waals surface area contributed by atoms with E-state index in [0.717, 1.165) is 29.6 Å². The van der Waals surface area contributed by atoms with Crippen molar-refractivity contribution in [1.29, 1.82) is 0 Å². The lowest BCUT2D eigenvalue weighted by atomic mass is 9.75. The van der Waals surface area contributed by atoms with Gasteiger partial charge in [0.25, 0.3) is 0 Å². The van der Waals surface area contributed by atoms with Crippen LogP contribution in [0.4, 0.5) is 0 Å². The fraction of sp³-hybridized carbons (Fsp3) is 1.00. The van der Waals surface area contributed by atoms with Crippen molar-refractivity contribution in [3.8, 4) is 0 Å². The van der Waals surface area contributed by atoms with Crippen molar-refractivity contribution in [2.75, 3.05) is 0 Å². The van der Waals surface area contributed by atoms with Crippen LogP contribution in [0.3, 0.4) is 0 Å². The monoisotopic (exact) mass is 212 g/mol. The van der Waals surface area contributed by atoms with Crippen LogP contribution in [0.15, 0.2) is 0 Å². The maximum Gasteiger partial charge on any atom is -0.0368 e. The van der Waals surface area contributed by atoms with Gasteiger partial charge in [-0.3, -0.25) is 0 Å². The first-order valence-corrected chi connectivity index (χ1v) is 6.93. The van der Waals surface area contributed by atoms with Crippen molar-refractivity contribution in [3.05, 3.63) is 0 Å². The van der Waals surface area contributed by atoms with Gasteiger partial charge in [-0.05, 0) is 36.0 Å². The van der Waals surface area contributed by atoms with Gasteiger partial charge in [-0.1, -0.05) is 61.3 Å². The maximum absolute atomic E-state index is 2.46. The van der Waals surface area contributed by atoms with Gasteiger partial charge in [-0.15, -0.1) is 0 Å². The van der Waals surface area contributed by atoms with Crippen LogP contribution in [-0.2, 0) is 0 Å². The van der Waals surface area contributed by atoms with Crippen molar-refractivity contribution in [1.82, 2.24) is 0 Å². The highest BCUT2D eigenvalue weighted by Gasteiger charge is 2.22. The van der Waals surface area contributed by atoms with Crippen LogP contribution < -0.4 is 0 Å². The fourth-order valence-electron chi connectivity index (χ4n) is 3.09. The van der Waals surface area contributed by atoms with Crippen molar-refractivity contribution >= 4 is 0 Å². The van der Waals surface area contributed by atoms with E-state index in [0.29, 0.717) is 0 Å². The van der Waals surface area contributed by atoms with E-state index < -0.39 is 0 Å². The van der Waals surface area contributed by atoms with E-state index in [2.05, 4.69) is 48.5 Å². The molecule has 15 heavy (non-hydrogen) atoms. The summed E-state index contributed by atoms with van der Waals surface area (Å²) >= 11 is 0. The predicted octanol–water partition coefficient (Wildman–Crippen LogP) is 5.38. The van der Waals surface area contributed by atoms with Gasteiger partial charge in [0.1, 0.15) is 0 Å². The van der Waals surface area contributed by atoms with E-state index in [1.54, 1.807) is 0 Å². The van der Waals surface area contributed by atoms with Crippen LogP contribution in [0.1, 0.15) is 67.7 Å². The van der Waals surface area contributed by atoms with Crippen LogP contribution in [0.2, 0.25) is 0 Å². The molecule has 0 radical (unpaired) electrons. The summed E-state index contributed by atoms with van der Waals surface area (Å²) < 4.78 is 0. The molecule has 0 aromatic heterocycles. The molecule has 0 aliphatic rings. The lowest BCUT2D eigenvalue weighted by molar-refractivity contribution is 0.196. The van der Waals surface area contributed by atoms with Crippen LogP contribution in [0.25, 0.3) is 0 Å². The number of hydrogen-bond donors (Lipinski definition) is 0. The highest BCUT2D eigenvalue weighted by molar-refractivity contribution is 4.73. The largest absolute Gasteiger partial charge is 0.0651 e. The van der Waals surface area contributed by atoms with Gasteiger partial charge in [0.15, 0.2) is 0 Å². The third-order valence-electron chi connectivity index (χ3n) is 4.20. The highest BCUT2D eigenvalue weighted by Crippen LogP contribution is 2.32. The third-order valence-corrected chi connectivity index (χ3v) is 4.20. The molecule has 3 unspecified atom stereocenters. The molecular formula is C15H32. The van der Waals surface area contributed by atoms with Gasteiger partial charge in [-0.25, -0.2) is 0 Å². The Morgan fingerprint density at radius 2 is 1.27 bits per heavy atom. The van der Waals surface area contributed by atoms with Crippen LogP contribution >= 0.6 is 0 Å². The van der Waals surface area contributed by atoms with Crippen LogP contribution in [-0.4, -0.2) is 0 Å². The maximum atomic E-state index is 2.46. The van der Waals surface area contributed by atoms with E-state index in [-0.39, 0.29) is 0 Å². The standard InChI is InChI=1S/C15H32/c1-8-14(11(3)4)10-13(7)15(9-2)12(5)6/h11-15H,8-10H2,1-7H3. The van der Waals surface area contributed by atoms with Crippen molar-refractivity contribution < 1.29 is 0 Å². The van der Waals surface area contributed by atoms with Gasteiger partial charge < -0.3 is 0 Å². The molecule has 3 atom stereocenters. The SMILES string of the molecule is CCC(CC(C)C(CC)C(C)C)C(C)C. The number of rotatable bonds is 7. The van der Waals surface area contributed by atoms with Gasteiger partial charge >= 0.3 is 0 Å². The zero-order valence-electron chi connectivity index (χ0n) is 12.0. The van der Waals surface area contributed by atoms with E-state index in [1.165, 1.54) is 19.3 Å². The predicted molar refractivity (Wildman–Crippen MR) is 71.0 cm³/mol. The van der Waals surface area contributed by atoms with Gasteiger partial charge in [0.05, 0.1) is 0 Å². The Hall–Kier alpha value is 0. The summed E-state index contributed by atoms with van der Waals surface area (Å²) in [7, 11) is 0. The summed E-state index contributed by atoms with van der Waals surface area (Å²) in [5.41, 5.74) is 0. The van der Waals surface area contributed by atoms with E-state index in [4.69, 9.17) is 0 Å². The lowest BCUT2D eigenvalue weighted by Crippen LogP contribution is -2.21. The van der Waals surface area contributed by atoms with Crippen molar-refractivity contribution in [3.63, 3.8) is 0 Å². The third kappa shape index (κ3) is 5.04. The molecule has 92 valence electrons. The molecule has 0 N–H and O–H groups in total. The molecular weight excluding hydrogens is 180 g/mol. The minimum atomic E-state index is 0.842. The average Bonchev–Trinajstić information content (AvgIpc) is 2.14. The molecule has 0 saturated carbocycles. The second-order valence-corrected chi connectivity index (χ2v) is 5.94. The summed E-state index contributed by atoms with van der Waals surface area (Å²) in [6, 6.07) is 0. The first-order valence-electron chi connectivity index (χ1n) is 6.93. The molecule has 0 aromatic carbocycles. The zero-order valence-corrected chi connectivity index (χ0v) is 12.0. The van der Waals surface area contributed by atoms with Gasteiger partial charge in [0.2, 0.25) is 0 Å². The van der Waals surface area contributed by atoms with Crippen LogP contribution in [0, 0.1) is 29.6 Å². The first kappa shape index (κ1) is 15.0. The normalized spacial score (nSPS) is 18.2. The molecule has 0 aromatic rings. The average molecular weight is 212 g/mol. The molecule has 0 fully saturated rings. The quantitative estimate of drug-likeness (QED) is 0.531. The van der Waals surface area contributed by atoms with Crippen molar-refractivity contribution in [2.24, 2.45) is 29.6 Å². The van der Waals surface area contributed by atoms with Crippen LogP contribution in [0.5, 0.6) is 0 Å². The smallest absolute Gasteiger partial charge is 0.0368 e. The fourth-order valence-corrected chi connectivity index (χ4v) is 3.09. The minimum Gasteiger partial charge on any atom is -0.0651 e. The van der Waals surface area contributed by atoms with Gasteiger partial charge in [-0.2, -0.15) is 0 Å². The summed E-state index contributed by atoms with van der Waals surface area (Å²) in [5.74, 6) is 4.42. The zero-order chi connectivity index (χ0) is 12.0. The molecule has 0 aliphatic heterocycles. The molecule has 0 amide bonds. The minimum absolute atomic E-state index is 0.842. The Labute approximate surface area is 97.8 Å². The molecule has 0 nitrogen and oxygen atoms in total. The van der Waals surface area contributed by atoms with E-state index >= 15 is 0 Å². The molecule has 0 heterocycles. The number of hydrogen-bond acceptors (Lipinski definition) is 0. The summed E-state index contributed by atoms with van der Waals surface area (Å²) in [5, 5.41) is 0. The Morgan fingerprint density at radius 3 is 1.53 bits per heavy atom. The molecule has 0 saturated heterocycles. The topological polar surface area (TPSA) is 0 Å². The van der Waals surface area contributed by atoms with Gasteiger partial charge in [0, 0.05) is 0 Å². The lowest BCUT2D eigenvalue weighted by Gasteiger charge is -2.30. The Bertz CT molecular complexity index is 146. The second-order valence-electron chi connectivity index (χ2n) is 5.94. The van der Waals surface area contributed by atoms with Crippen molar-refractivity contribution in [2.45, 2.75) is 67.7 Å². The summed E-state index contributed by atoms with van der Waals surface area (Å²) in [6.07, 6.45) is 4.11. The summed E-state index contributed by atoms with van der Waals surface area (Å²) in [4.78, 5) is 0. The Morgan fingerprint density at radius 1 is 0.733 bits per heavy atom.